The summed E-state index contributed by atoms with van der Waals surface area (Å²) >= 11 is 6.47. The first kappa shape index (κ1) is 37.5. The highest BCUT2D eigenvalue weighted by atomic mass is 35.5. The van der Waals surface area contributed by atoms with E-state index < -0.39 is 26.8 Å². The lowest BCUT2D eigenvalue weighted by Gasteiger charge is -2.52. The fourth-order valence-corrected chi connectivity index (χ4v) is 11.2. The lowest BCUT2D eigenvalue weighted by atomic mass is 9.62. The predicted molar refractivity (Wildman–Crippen MR) is 204 cm³/mol. The molecule has 1 saturated heterocycles. The SMILES string of the molecule is CCCN1CCN(C[C@@]2(O)CCC[C@H](C)[C@@H](C)S(=O)(=O)NC(=O)c3ccc4c(c3)N(C[C@@H]3CC[C@H]32)C[C@@]2(CCCc3cc(Cl)ccc32)CO4)C(=O)C1. The Morgan fingerprint density at radius 2 is 1.87 bits per heavy atom. The Labute approximate surface area is 314 Å². The van der Waals surface area contributed by atoms with Crippen molar-refractivity contribution in [3.05, 3.63) is 58.1 Å². The molecule has 284 valence electrons. The number of sulfonamides is 1. The number of piperazine rings is 1. The van der Waals surface area contributed by atoms with Gasteiger partial charge in [-0.05, 0) is 124 Å². The molecule has 6 atom stereocenters. The molecule has 0 aromatic heterocycles. The zero-order chi connectivity index (χ0) is 36.8. The minimum Gasteiger partial charge on any atom is -0.490 e. The number of fused-ring (bicyclic) bond motifs is 4. The van der Waals surface area contributed by atoms with Crippen molar-refractivity contribution in [1.82, 2.24) is 14.5 Å². The van der Waals surface area contributed by atoms with E-state index in [1.54, 1.807) is 25.1 Å². The third kappa shape index (κ3) is 7.31. The van der Waals surface area contributed by atoms with Crippen LogP contribution in [0.2, 0.25) is 5.02 Å². The molecule has 3 aliphatic heterocycles. The Bertz CT molecular complexity index is 1790. The first-order chi connectivity index (χ1) is 24.8. The van der Waals surface area contributed by atoms with Crippen LogP contribution in [0.3, 0.4) is 0 Å². The maximum atomic E-state index is 13.6. The zero-order valence-corrected chi connectivity index (χ0v) is 32.5. The van der Waals surface area contributed by atoms with E-state index in [-0.39, 0.29) is 41.2 Å². The molecule has 0 radical (unpaired) electrons. The first-order valence-corrected chi connectivity index (χ1v) is 21.3. The summed E-state index contributed by atoms with van der Waals surface area (Å²) < 4.78 is 36.1. The summed E-state index contributed by atoms with van der Waals surface area (Å²) in [5, 5.41) is 12.7. The normalized spacial score (nSPS) is 32.6. The van der Waals surface area contributed by atoms with Gasteiger partial charge in [0.05, 0.1) is 29.7 Å². The smallest absolute Gasteiger partial charge is 0.264 e. The number of hydrogen-bond acceptors (Lipinski definition) is 8. The maximum absolute atomic E-state index is 13.6. The minimum atomic E-state index is -3.99. The van der Waals surface area contributed by atoms with E-state index in [1.807, 2.05) is 17.9 Å². The molecule has 2 bridgehead atoms. The monoisotopic (exact) mass is 754 g/mol. The van der Waals surface area contributed by atoms with Crippen molar-refractivity contribution >= 4 is 39.1 Å². The fraction of sp³-hybridized carbons (Fsp3) is 0.650. The highest BCUT2D eigenvalue weighted by Crippen LogP contribution is 2.49. The van der Waals surface area contributed by atoms with Crippen molar-refractivity contribution in [2.24, 2.45) is 17.8 Å². The number of anilines is 1. The van der Waals surface area contributed by atoms with Crippen molar-refractivity contribution in [3.63, 3.8) is 0 Å². The van der Waals surface area contributed by atoms with E-state index in [2.05, 4.69) is 33.6 Å². The second kappa shape index (κ2) is 14.8. The fourth-order valence-electron chi connectivity index (χ4n) is 9.73. The molecule has 1 saturated carbocycles. The molecule has 3 heterocycles. The molecule has 2 N–H and O–H groups in total. The van der Waals surface area contributed by atoms with Crippen LogP contribution in [-0.4, -0.2) is 98.4 Å². The Morgan fingerprint density at radius 3 is 2.62 bits per heavy atom. The summed E-state index contributed by atoms with van der Waals surface area (Å²) in [4.78, 5) is 33.4. The molecule has 0 unspecified atom stereocenters. The molecule has 10 nitrogen and oxygen atoms in total. The predicted octanol–water partition coefficient (Wildman–Crippen LogP) is 5.39. The van der Waals surface area contributed by atoms with Crippen LogP contribution in [0, 0.1) is 17.8 Å². The molecular weight excluding hydrogens is 700 g/mol. The number of carbonyl (C=O) groups is 2. The molecule has 7 rings (SSSR count). The summed E-state index contributed by atoms with van der Waals surface area (Å²) in [6, 6.07) is 11.4. The number of hydrogen-bond donors (Lipinski definition) is 2. The molecule has 5 aliphatic rings. The van der Waals surface area contributed by atoms with Crippen molar-refractivity contribution in [1.29, 1.82) is 0 Å². The van der Waals surface area contributed by atoms with Crippen LogP contribution in [0.15, 0.2) is 36.4 Å². The van der Waals surface area contributed by atoms with E-state index in [0.717, 1.165) is 62.3 Å². The van der Waals surface area contributed by atoms with Crippen LogP contribution in [0.25, 0.3) is 0 Å². The number of amides is 2. The Morgan fingerprint density at radius 1 is 1.04 bits per heavy atom. The number of rotatable bonds is 4. The van der Waals surface area contributed by atoms with Crippen LogP contribution in [0.4, 0.5) is 5.69 Å². The van der Waals surface area contributed by atoms with Crippen molar-refractivity contribution in [2.75, 3.05) is 57.3 Å². The number of nitrogens with one attached hydrogen (secondary N) is 1. The maximum Gasteiger partial charge on any atom is 0.264 e. The van der Waals surface area contributed by atoms with Gasteiger partial charge in [-0.1, -0.05) is 37.9 Å². The van der Waals surface area contributed by atoms with Crippen LogP contribution in [-0.2, 0) is 26.7 Å². The Hall–Kier alpha value is -2.86. The van der Waals surface area contributed by atoms with Gasteiger partial charge in [-0.15, -0.1) is 0 Å². The van der Waals surface area contributed by atoms with Crippen LogP contribution >= 0.6 is 11.6 Å². The van der Waals surface area contributed by atoms with Gasteiger partial charge >= 0.3 is 0 Å². The van der Waals surface area contributed by atoms with Gasteiger partial charge in [-0.3, -0.25) is 14.5 Å². The Balaban J connectivity index is 1.26. The largest absolute Gasteiger partial charge is 0.490 e. The number of aryl methyl sites for hydroxylation is 1. The number of β-amino-alcohol motifs (C(OH)–C–C–N with tert-alkyl or cyclic N) is 1. The van der Waals surface area contributed by atoms with Crippen LogP contribution < -0.4 is 14.4 Å². The van der Waals surface area contributed by atoms with Crippen molar-refractivity contribution in [3.8, 4) is 5.75 Å². The van der Waals surface area contributed by atoms with Gasteiger partial charge in [0, 0.05) is 48.7 Å². The number of benzene rings is 2. The quantitative estimate of drug-likeness (QED) is 0.427. The molecule has 12 heteroatoms. The summed E-state index contributed by atoms with van der Waals surface area (Å²) in [6.45, 7) is 10.3. The third-order valence-corrected chi connectivity index (χ3v) is 15.2. The van der Waals surface area contributed by atoms with Crippen LogP contribution in [0.5, 0.6) is 5.75 Å². The molecule has 2 fully saturated rings. The number of ether oxygens (including phenoxy) is 1. The molecule has 2 aromatic carbocycles. The van der Waals surface area contributed by atoms with E-state index in [4.69, 9.17) is 16.3 Å². The summed E-state index contributed by atoms with van der Waals surface area (Å²) in [5.41, 5.74) is 2.05. The number of nitrogens with zero attached hydrogens (tertiary/aromatic N) is 3. The molecule has 2 aromatic rings. The topological polar surface area (TPSA) is 119 Å². The van der Waals surface area contributed by atoms with Gasteiger partial charge in [0.2, 0.25) is 15.9 Å². The second-order valence-electron chi connectivity index (χ2n) is 16.5. The van der Waals surface area contributed by atoms with E-state index in [9.17, 15) is 23.1 Å². The molecule has 2 amide bonds. The highest BCUT2D eigenvalue weighted by molar-refractivity contribution is 7.90. The molecule has 1 spiro atoms. The number of halogens is 1. The van der Waals surface area contributed by atoms with Gasteiger partial charge in [-0.2, -0.15) is 0 Å². The van der Waals surface area contributed by atoms with Gasteiger partial charge < -0.3 is 19.6 Å². The summed E-state index contributed by atoms with van der Waals surface area (Å²) in [7, 11) is -3.99. The molecule has 2 aliphatic carbocycles. The molecule has 52 heavy (non-hydrogen) atoms. The second-order valence-corrected chi connectivity index (χ2v) is 19.0. The van der Waals surface area contributed by atoms with Crippen LogP contribution in [0.1, 0.15) is 93.6 Å². The Kier molecular flexibility index (Phi) is 10.6. The summed E-state index contributed by atoms with van der Waals surface area (Å²) in [6.07, 6.45) is 7.33. The van der Waals surface area contributed by atoms with E-state index in [1.165, 1.54) is 11.1 Å². The van der Waals surface area contributed by atoms with E-state index >= 15 is 0 Å². The minimum absolute atomic E-state index is 0.0363. The third-order valence-electron chi connectivity index (χ3n) is 13.1. The van der Waals surface area contributed by atoms with E-state index in [0.29, 0.717) is 57.8 Å². The first-order valence-electron chi connectivity index (χ1n) is 19.4. The number of aliphatic hydroxyl groups is 1. The van der Waals surface area contributed by atoms with Gasteiger partial charge in [0.25, 0.3) is 5.91 Å². The standard InChI is InChI=1S/C40H55ClN4O6S/c1-4-17-43-18-19-44(37(46)23-43)25-40(48)16-5-7-27(2)28(3)52(49,50)42-38(47)30-10-14-36-35(21-30)45(22-31-9-12-34(31)40)24-39(26-51-36)15-6-8-29-20-32(41)11-13-33(29)39/h10-11,13-14,20-21,27-28,31,34,48H,4-9,12,15-19,22-26H2,1-3H3,(H,42,47)/t27-,28+,31-,34+,39-,40-/m0/s1. The van der Waals surface area contributed by atoms with Gasteiger partial charge in [0.15, 0.2) is 0 Å². The zero-order valence-electron chi connectivity index (χ0n) is 30.9. The van der Waals surface area contributed by atoms with Crippen molar-refractivity contribution in [2.45, 2.75) is 94.8 Å². The molecular formula is C40H55ClN4O6S. The lowest BCUT2D eigenvalue weighted by molar-refractivity contribution is -0.148. The van der Waals surface area contributed by atoms with Gasteiger partial charge in [0.1, 0.15) is 5.75 Å². The van der Waals surface area contributed by atoms with Crippen molar-refractivity contribution < 1.29 is 27.9 Å². The average molecular weight is 755 g/mol. The number of carbonyl (C=O) groups excluding carboxylic acids is 2. The average Bonchev–Trinajstić information content (AvgIpc) is 3.23. The summed E-state index contributed by atoms with van der Waals surface area (Å²) in [5.74, 6) is -0.0682. The lowest BCUT2D eigenvalue weighted by Crippen LogP contribution is -2.60. The van der Waals surface area contributed by atoms with Gasteiger partial charge in [-0.25, -0.2) is 13.1 Å². The highest BCUT2D eigenvalue weighted by Gasteiger charge is 2.50.